The van der Waals surface area contributed by atoms with Crippen LogP contribution in [0.4, 0.5) is 5.13 Å². The van der Waals surface area contributed by atoms with Crippen molar-refractivity contribution >= 4 is 34.2 Å². The van der Waals surface area contributed by atoms with Gasteiger partial charge in [-0.15, -0.1) is 10.2 Å². The maximum Gasteiger partial charge on any atom is 0.246 e. The van der Waals surface area contributed by atoms with E-state index in [9.17, 15) is 14.4 Å². The summed E-state index contributed by atoms with van der Waals surface area (Å²) >= 11 is 1.26. The minimum Gasteiger partial charge on any atom is -0.299 e. The first-order chi connectivity index (χ1) is 11.5. The van der Waals surface area contributed by atoms with Gasteiger partial charge in [0.1, 0.15) is 11.6 Å². The number of carbonyl (C=O) groups excluding carboxylic acids is 3. The Balaban J connectivity index is 1.34. The molecule has 24 heavy (non-hydrogen) atoms. The minimum absolute atomic E-state index is 0.181. The summed E-state index contributed by atoms with van der Waals surface area (Å²) in [5, 5.41) is 11.4. The third-order valence-corrected chi connectivity index (χ3v) is 6.58. The number of amides is 3. The third kappa shape index (κ3) is 1.86. The molecule has 1 N–H and O–H groups in total. The largest absolute Gasteiger partial charge is 0.299 e. The lowest BCUT2D eigenvalue weighted by atomic mass is 9.63. The molecule has 2 bridgehead atoms. The van der Waals surface area contributed by atoms with Gasteiger partial charge < -0.3 is 0 Å². The number of anilines is 1. The molecule has 8 heteroatoms. The predicted molar refractivity (Wildman–Crippen MR) is 84.7 cm³/mol. The molecule has 1 saturated heterocycles. The number of hydrogen-bond donors (Lipinski definition) is 1. The summed E-state index contributed by atoms with van der Waals surface area (Å²) in [5.74, 6) is 0.210. The summed E-state index contributed by atoms with van der Waals surface area (Å²) in [6.45, 7) is 1.55. The molecule has 7 nitrogen and oxygen atoms in total. The van der Waals surface area contributed by atoms with Gasteiger partial charge in [0.2, 0.25) is 22.9 Å². The van der Waals surface area contributed by atoms with Crippen LogP contribution in [0.2, 0.25) is 0 Å². The van der Waals surface area contributed by atoms with Gasteiger partial charge in [0.15, 0.2) is 0 Å². The second kappa shape index (κ2) is 4.72. The van der Waals surface area contributed by atoms with E-state index in [0.29, 0.717) is 17.0 Å². The molecule has 2 heterocycles. The van der Waals surface area contributed by atoms with Crippen LogP contribution >= 0.6 is 11.3 Å². The highest BCUT2D eigenvalue weighted by atomic mass is 32.1. The number of carbonyl (C=O) groups is 3. The number of hydrogen-bond acceptors (Lipinski definition) is 6. The summed E-state index contributed by atoms with van der Waals surface area (Å²) in [7, 11) is 0. The SMILES string of the molecule is Cc1nnc(NC(=O)CN2C(=O)[C@@H]3[C@@H]4C=C[C@H]([C@H]5C[C@H]45)[C@@H]3C2=O)s1. The molecule has 1 aromatic heterocycles. The Labute approximate surface area is 142 Å². The molecule has 1 aromatic rings. The van der Waals surface area contributed by atoms with E-state index in [1.807, 2.05) is 0 Å². The molecule has 6 atom stereocenters. The van der Waals surface area contributed by atoms with E-state index in [1.165, 1.54) is 11.3 Å². The van der Waals surface area contributed by atoms with Gasteiger partial charge in [0, 0.05) is 0 Å². The smallest absolute Gasteiger partial charge is 0.246 e. The van der Waals surface area contributed by atoms with Crippen molar-refractivity contribution in [1.82, 2.24) is 15.1 Å². The number of nitrogens with zero attached hydrogens (tertiary/aromatic N) is 3. The first-order valence-electron chi connectivity index (χ1n) is 8.18. The second-order valence-corrected chi connectivity index (χ2v) is 8.27. The van der Waals surface area contributed by atoms with E-state index in [1.54, 1.807) is 6.92 Å². The highest BCUT2D eigenvalue weighted by Gasteiger charge is 2.67. The molecule has 5 aliphatic rings. The molecular formula is C16H16N4O3S. The summed E-state index contributed by atoms with van der Waals surface area (Å²) < 4.78 is 0. The average Bonchev–Trinajstić information content (AvgIpc) is 3.24. The summed E-state index contributed by atoms with van der Waals surface area (Å²) in [4.78, 5) is 38.9. The maximum absolute atomic E-state index is 12.8. The van der Waals surface area contributed by atoms with Gasteiger partial charge >= 0.3 is 0 Å². The summed E-state index contributed by atoms with van der Waals surface area (Å²) in [6, 6.07) is 0. The first-order valence-corrected chi connectivity index (χ1v) is 9.00. The lowest BCUT2D eigenvalue weighted by Gasteiger charge is -2.37. The van der Waals surface area contributed by atoms with Crippen LogP contribution in [0.3, 0.4) is 0 Å². The van der Waals surface area contributed by atoms with Crippen LogP contribution in [0.1, 0.15) is 11.4 Å². The van der Waals surface area contributed by atoms with Crippen LogP contribution in [-0.2, 0) is 14.4 Å². The van der Waals surface area contributed by atoms with Crippen molar-refractivity contribution in [3.8, 4) is 0 Å². The number of likely N-dealkylation sites (tertiary alicyclic amines) is 1. The predicted octanol–water partition coefficient (Wildman–Crippen LogP) is 0.838. The van der Waals surface area contributed by atoms with Crippen LogP contribution in [0.25, 0.3) is 0 Å². The highest BCUT2D eigenvalue weighted by molar-refractivity contribution is 7.15. The van der Waals surface area contributed by atoms with E-state index >= 15 is 0 Å². The number of aromatic nitrogens is 2. The van der Waals surface area contributed by atoms with Crippen molar-refractivity contribution < 1.29 is 14.4 Å². The Hall–Kier alpha value is -2.09. The van der Waals surface area contributed by atoms with E-state index in [0.717, 1.165) is 16.3 Å². The van der Waals surface area contributed by atoms with Crippen molar-refractivity contribution in [2.24, 2.45) is 35.5 Å². The molecular weight excluding hydrogens is 328 g/mol. The van der Waals surface area contributed by atoms with E-state index in [4.69, 9.17) is 0 Å². The fourth-order valence-electron chi connectivity index (χ4n) is 4.82. The van der Waals surface area contributed by atoms with E-state index in [-0.39, 0.29) is 42.0 Å². The topological polar surface area (TPSA) is 92.3 Å². The van der Waals surface area contributed by atoms with Crippen LogP contribution in [-0.4, -0.2) is 39.4 Å². The molecule has 6 rings (SSSR count). The average molecular weight is 344 g/mol. The molecule has 0 unspecified atom stereocenters. The van der Waals surface area contributed by atoms with Crippen molar-refractivity contribution in [1.29, 1.82) is 0 Å². The van der Waals surface area contributed by atoms with Gasteiger partial charge in [0.25, 0.3) is 0 Å². The van der Waals surface area contributed by atoms with Crippen molar-refractivity contribution in [2.75, 3.05) is 11.9 Å². The van der Waals surface area contributed by atoms with Gasteiger partial charge in [-0.1, -0.05) is 23.5 Å². The zero-order valence-electron chi connectivity index (χ0n) is 13.0. The Kier molecular flexibility index (Phi) is 2.81. The molecule has 1 aliphatic heterocycles. The van der Waals surface area contributed by atoms with Gasteiger partial charge in [0.05, 0.1) is 11.8 Å². The van der Waals surface area contributed by atoms with Crippen LogP contribution in [0.5, 0.6) is 0 Å². The Bertz CT molecular complexity index is 767. The molecule has 0 aromatic carbocycles. The monoisotopic (exact) mass is 344 g/mol. The molecule has 124 valence electrons. The maximum atomic E-state index is 12.8. The molecule has 0 spiro atoms. The summed E-state index contributed by atoms with van der Waals surface area (Å²) in [6.07, 6.45) is 5.38. The van der Waals surface area contributed by atoms with Gasteiger partial charge in [-0.2, -0.15) is 0 Å². The Morgan fingerprint density at radius 3 is 2.38 bits per heavy atom. The van der Waals surface area contributed by atoms with Crippen LogP contribution in [0, 0.1) is 42.4 Å². The lowest BCUT2D eigenvalue weighted by Crippen LogP contribution is -2.40. The standard InChI is InChI=1S/C16H16N4O3S/c1-6-18-19-16(24-6)17-11(21)5-20-14(22)12-7-2-3-8(10-4-9(7)10)13(12)15(20)23/h2-3,7-10,12-13H,4-5H2,1H3,(H,17,19,21)/t7-,8-,9-,10-,12-,13+/m1/s1. The number of nitrogens with one attached hydrogen (secondary N) is 1. The zero-order chi connectivity index (χ0) is 16.6. The normalized spacial score (nSPS) is 38.3. The van der Waals surface area contributed by atoms with Gasteiger partial charge in [-0.25, -0.2) is 0 Å². The van der Waals surface area contributed by atoms with Crippen molar-refractivity contribution in [3.63, 3.8) is 0 Å². The minimum atomic E-state index is -0.406. The van der Waals surface area contributed by atoms with Gasteiger partial charge in [-0.05, 0) is 37.0 Å². The highest BCUT2D eigenvalue weighted by Crippen LogP contribution is 2.65. The zero-order valence-corrected chi connectivity index (χ0v) is 13.8. The molecule has 3 fully saturated rings. The van der Waals surface area contributed by atoms with Crippen molar-refractivity contribution in [3.05, 3.63) is 17.2 Å². The molecule has 4 aliphatic carbocycles. The number of imide groups is 1. The quantitative estimate of drug-likeness (QED) is 0.648. The molecule has 2 saturated carbocycles. The third-order valence-electron chi connectivity index (χ3n) is 5.83. The Morgan fingerprint density at radius 2 is 1.83 bits per heavy atom. The van der Waals surface area contributed by atoms with Crippen LogP contribution in [0.15, 0.2) is 12.2 Å². The Morgan fingerprint density at radius 1 is 1.21 bits per heavy atom. The van der Waals surface area contributed by atoms with Crippen molar-refractivity contribution in [2.45, 2.75) is 13.3 Å². The fourth-order valence-corrected chi connectivity index (χ4v) is 5.43. The summed E-state index contributed by atoms with van der Waals surface area (Å²) in [5.41, 5.74) is 0. The lowest BCUT2D eigenvalue weighted by molar-refractivity contribution is -0.142. The van der Waals surface area contributed by atoms with E-state index < -0.39 is 5.91 Å². The van der Waals surface area contributed by atoms with Crippen LogP contribution < -0.4 is 5.32 Å². The van der Waals surface area contributed by atoms with E-state index in [2.05, 4.69) is 27.7 Å². The molecule has 0 radical (unpaired) electrons. The fraction of sp³-hybridized carbons (Fsp3) is 0.562. The second-order valence-electron chi connectivity index (χ2n) is 7.09. The number of allylic oxidation sites excluding steroid dienone is 2. The first kappa shape index (κ1) is 14.3. The molecule has 3 amide bonds. The number of rotatable bonds is 3. The van der Waals surface area contributed by atoms with Gasteiger partial charge in [-0.3, -0.25) is 24.6 Å². The number of aryl methyl sites for hydroxylation is 1.